The third kappa shape index (κ3) is 13.3. The summed E-state index contributed by atoms with van der Waals surface area (Å²) in [5.74, 6) is -1.67. The van der Waals surface area contributed by atoms with Gasteiger partial charge >= 0.3 is 11.9 Å². The lowest BCUT2D eigenvalue weighted by atomic mass is 9.97. The number of ether oxygens (including phenoxy) is 5. The first-order chi connectivity index (χ1) is 21.4. The largest absolute Gasteiger partial charge is 0.481 e. The molecule has 2 aliphatic rings. The van der Waals surface area contributed by atoms with Crippen molar-refractivity contribution in [3.63, 3.8) is 0 Å². The number of esters is 1. The summed E-state index contributed by atoms with van der Waals surface area (Å²) in [5, 5.41) is 61.7. The molecule has 2 saturated heterocycles. The molecule has 0 saturated carbocycles. The molecule has 264 valence electrons. The molecule has 0 bridgehead atoms. The van der Waals surface area contributed by atoms with Gasteiger partial charge in [-0.15, -0.1) is 0 Å². The third-order valence-electron chi connectivity index (χ3n) is 8.56. The quantitative estimate of drug-likeness (QED) is 0.0782. The number of unbranched alkanes of at least 4 members (excludes halogenated alkanes) is 8. The van der Waals surface area contributed by atoms with E-state index in [1.54, 1.807) is 6.92 Å². The normalized spacial score (nSPS) is 33.4. The Labute approximate surface area is 267 Å². The van der Waals surface area contributed by atoms with Crippen LogP contribution >= 0.6 is 0 Å². The molecule has 6 N–H and O–H groups in total. The molecule has 0 aromatic rings. The Hall–Kier alpha value is -1.42. The smallest absolute Gasteiger partial charge is 0.308 e. The van der Waals surface area contributed by atoms with E-state index >= 15 is 0 Å². The average molecular weight is 651 g/mol. The van der Waals surface area contributed by atoms with E-state index in [-0.39, 0.29) is 12.8 Å². The zero-order valence-electron chi connectivity index (χ0n) is 27.4. The Morgan fingerprint density at radius 1 is 0.644 bits per heavy atom. The summed E-state index contributed by atoms with van der Waals surface area (Å²) in [6, 6.07) is 0. The van der Waals surface area contributed by atoms with E-state index in [1.165, 1.54) is 6.92 Å². The van der Waals surface area contributed by atoms with Gasteiger partial charge in [0.1, 0.15) is 42.7 Å². The molecule has 7 unspecified atom stereocenters. The lowest BCUT2D eigenvalue weighted by molar-refractivity contribution is -0.366. The Bertz CT molecular complexity index is 844. The van der Waals surface area contributed by atoms with Gasteiger partial charge in [-0.3, -0.25) is 9.59 Å². The van der Waals surface area contributed by atoms with Crippen LogP contribution in [0.2, 0.25) is 0 Å². The molecular formula is C32H58O13. The number of carbonyl (C=O) groups is 2. The van der Waals surface area contributed by atoms with Crippen LogP contribution in [0.15, 0.2) is 0 Å². The molecule has 2 fully saturated rings. The molecule has 13 nitrogen and oxygen atoms in total. The predicted molar refractivity (Wildman–Crippen MR) is 162 cm³/mol. The van der Waals surface area contributed by atoms with E-state index in [0.29, 0.717) is 12.8 Å². The molecule has 2 heterocycles. The summed E-state index contributed by atoms with van der Waals surface area (Å²) < 4.78 is 29.1. The first kappa shape index (κ1) is 39.8. The van der Waals surface area contributed by atoms with E-state index in [1.807, 2.05) is 0 Å². The zero-order valence-corrected chi connectivity index (χ0v) is 27.4. The number of aliphatic carboxylic acids is 1. The maximum absolute atomic E-state index is 13.1. The van der Waals surface area contributed by atoms with E-state index in [4.69, 9.17) is 23.7 Å². The number of rotatable bonds is 21. The lowest BCUT2D eigenvalue weighted by Gasteiger charge is -2.46. The molecule has 0 amide bonds. The molecule has 45 heavy (non-hydrogen) atoms. The Kier molecular flexibility index (Phi) is 18.3. The van der Waals surface area contributed by atoms with Crippen molar-refractivity contribution >= 4 is 11.9 Å². The second-order valence-corrected chi connectivity index (χ2v) is 12.6. The number of hydrogen-bond donors (Lipinski definition) is 6. The van der Waals surface area contributed by atoms with Gasteiger partial charge in [-0.1, -0.05) is 71.6 Å². The fourth-order valence-electron chi connectivity index (χ4n) is 5.71. The molecule has 12 atom stereocenters. The number of carboxylic acid groups (broad SMARTS) is 1. The van der Waals surface area contributed by atoms with Crippen molar-refractivity contribution in [2.75, 3.05) is 0 Å². The second kappa shape index (κ2) is 20.7. The predicted octanol–water partition coefficient (Wildman–Crippen LogP) is 2.55. The van der Waals surface area contributed by atoms with Crippen molar-refractivity contribution in [3.8, 4) is 0 Å². The van der Waals surface area contributed by atoms with E-state index < -0.39 is 85.6 Å². The highest BCUT2D eigenvalue weighted by Crippen LogP contribution is 2.31. The van der Waals surface area contributed by atoms with Crippen LogP contribution in [-0.2, 0) is 33.3 Å². The van der Waals surface area contributed by atoms with Crippen LogP contribution in [0.5, 0.6) is 0 Å². The van der Waals surface area contributed by atoms with Gasteiger partial charge in [0, 0.05) is 0 Å². The van der Waals surface area contributed by atoms with Gasteiger partial charge in [0.05, 0.1) is 31.2 Å². The SMILES string of the molecule is CCCCCCCC(CC(=O)O)OC(=O)C[C@@H](CCCCCCC)O[C@@H]1OC(C)[C@H](O)C(O)C1O[C@@H]1OC(C)[C@H](O)C(O)C1O. The fraction of sp³-hybridized carbons (Fsp3) is 0.938. The first-order valence-electron chi connectivity index (χ1n) is 16.8. The van der Waals surface area contributed by atoms with Crippen LogP contribution in [0.4, 0.5) is 0 Å². The summed E-state index contributed by atoms with van der Waals surface area (Å²) in [6.07, 6.45) is -5.07. The van der Waals surface area contributed by atoms with Crippen LogP contribution < -0.4 is 0 Å². The molecule has 0 radical (unpaired) electrons. The molecule has 0 aliphatic carbocycles. The summed E-state index contributed by atoms with van der Waals surface area (Å²) in [6.45, 7) is 7.24. The van der Waals surface area contributed by atoms with Crippen LogP contribution in [0.1, 0.15) is 118 Å². The van der Waals surface area contributed by atoms with E-state index in [2.05, 4.69) is 13.8 Å². The molecule has 2 aliphatic heterocycles. The van der Waals surface area contributed by atoms with Crippen LogP contribution in [-0.4, -0.2) is 116 Å². The summed E-state index contributed by atoms with van der Waals surface area (Å²) in [7, 11) is 0. The van der Waals surface area contributed by atoms with Crippen LogP contribution in [0, 0.1) is 0 Å². The van der Waals surface area contributed by atoms with Crippen molar-refractivity contribution < 1.29 is 63.9 Å². The van der Waals surface area contributed by atoms with Crippen molar-refractivity contribution in [3.05, 3.63) is 0 Å². The molecular weight excluding hydrogens is 592 g/mol. The van der Waals surface area contributed by atoms with Crippen molar-refractivity contribution in [2.45, 2.75) is 191 Å². The fourth-order valence-corrected chi connectivity index (χ4v) is 5.71. The molecule has 13 heteroatoms. The van der Waals surface area contributed by atoms with Crippen molar-refractivity contribution in [2.24, 2.45) is 0 Å². The highest BCUT2D eigenvalue weighted by molar-refractivity contribution is 5.72. The lowest BCUT2D eigenvalue weighted by Crippen LogP contribution is -2.63. The van der Waals surface area contributed by atoms with Gasteiger partial charge in [0.25, 0.3) is 0 Å². The van der Waals surface area contributed by atoms with E-state index in [0.717, 1.165) is 64.2 Å². The van der Waals surface area contributed by atoms with Crippen molar-refractivity contribution in [1.82, 2.24) is 0 Å². The van der Waals surface area contributed by atoms with Crippen LogP contribution in [0.3, 0.4) is 0 Å². The number of carboxylic acids is 1. The standard InChI is InChI=1S/C32H58O13/c1-5-7-9-11-13-15-21(17-23(33)34)43-24(35)18-22(16-14-12-10-8-6-2)44-32-30(28(39)26(37)20(4)42-32)45-31-29(40)27(38)25(36)19(3)41-31/h19-22,25-32,36-40H,5-18H2,1-4H3,(H,33,34)/t19?,20?,21?,22-,25+,26+,27?,28?,29?,30?,31+,32+/m1/s1. The maximum Gasteiger partial charge on any atom is 0.308 e. The van der Waals surface area contributed by atoms with Gasteiger partial charge in [-0.2, -0.15) is 0 Å². The minimum Gasteiger partial charge on any atom is -0.481 e. The van der Waals surface area contributed by atoms with Gasteiger partial charge in [0.15, 0.2) is 12.6 Å². The van der Waals surface area contributed by atoms with Crippen molar-refractivity contribution in [1.29, 1.82) is 0 Å². The Morgan fingerprint density at radius 3 is 1.71 bits per heavy atom. The van der Waals surface area contributed by atoms with Gasteiger partial charge in [-0.25, -0.2) is 0 Å². The second-order valence-electron chi connectivity index (χ2n) is 12.6. The number of hydrogen-bond acceptors (Lipinski definition) is 12. The summed E-state index contributed by atoms with van der Waals surface area (Å²) >= 11 is 0. The van der Waals surface area contributed by atoms with Crippen LogP contribution in [0.25, 0.3) is 0 Å². The molecule has 0 aromatic heterocycles. The molecule has 2 rings (SSSR count). The van der Waals surface area contributed by atoms with Gasteiger partial charge in [0.2, 0.25) is 0 Å². The minimum absolute atomic E-state index is 0.205. The van der Waals surface area contributed by atoms with Gasteiger partial charge in [-0.05, 0) is 33.1 Å². The highest BCUT2D eigenvalue weighted by atomic mass is 16.8. The highest BCUT2D eigenvalue weighted by Gasteiger charge is 2.50. The number of carbonyl (C=O) groups excluding carboxylic acids is 1. The number of aliphatic hydroxyl groups excluding tert-OH is 5. The first-order valence-corrected chi connectivity index (χ1v) is 16.8. The zero-order chi connectivity index (χ0) is 33.5. The van der Waals surface area contributed by atoms with E-state index in [9.17, 15) is 40.2 Å². The monoisotopic (exact) mass is 650 g/mol. The number of aliphatic hydroxyl groups is 5. The summed E-state index contributed by atoms with van der Waals surface area (Å²) in [5.41, 5.74) is 0. The van der Waals surface area contributed by atoms with Gasteiger partial charge < -0.3 is 54.3 Å². The minimum atomic E-state index is -1.67. The summed E-state index contributed by atoms with van der Waals surface area (Å²) in [4.78, 5) is 24.6. The topological polar surface area (TPSA) is 202 Å². The third-order valence-corrected chi connectivity index (χ3v) is 8.56. The Balaban J connectivity index is 2.16. The Morgan fingerprint density at radius 2 is 1.16 bits per heavy atom. The maximum atomic E-state index is 13.1. The molecule has 0 aromatic carbocycles. The average Bonchev–Trinajstić information content (AvgIpc) is 2.98. The molecule has 0 spiro atoms.